The number of Topliss-reactive ketones (excluding diaryl/α,β-unsaturated/α-hetero) is 2. The number of carbonyl (C=O) groups excluding carboxylic acids is 3. The molecule has 0 bridgehead atoms. The maximum atomic E-state index is 12.2. The zero-order valence-corrected chi connectivity index (χ0v) is 44.6. The number of ketones is 2. The van der Waals surface area contributed by atoms with Gasteiger partial charge in [-0.25, -0.2) is 0 Å². The predicted octanol–water partition coefficient (Wildman–Crippen LogP) is 3.08. The first-order valence-electron chi connectivity index (χ1n) is 19.5. The van der Waals surface area contributed by atoms with Gasteiger partial charge in [0.2, 0.25) is 0 Å². The molecule has 0 radical (unpaired) electrons. The Balaban J connectivity index is -0.000000238. The number of carbonyl (C=O) groups is 3. The Hall–Kier alpha value is -1.30. The Labute approximate surface area is 390 Å². The SMILES string of the molecule is C=C[C@@H](O)C[C@H](O[Si](C)(C)C(C)(C)C)C(=O)CN(C)O.CN(O)CC(=O)[C@H](CC=O)O[Si](C)(C)C(C)(C)C.C[C@H]([C@@H]([O-])c1ccccc1)N1CCOCC1.[CH-]=C.[CH-]=C.[Li+].[Zn+2]. The fraction of sp³-hybridized carbons (Fsp3) is 0.651. The zero-order chi connectivity index (χ0) is 46.1. The van der Waals surface area contributed by atoms with Crippen LogP contribution in [0.2, 0.25) is 36.3 Å². The Morgan fingerprint density at radius 3 is 1.62 bits per heavy atom. The summed E-state index contributed by atoms with van der Waals surface area (Å²) < 4.78 is 17.3. The number of aliphatic hydroxyl groups excluding tert-OH is 1. The van der Waals surface area contributed by atoms with Crippen molar-refractivity contribution in [2.24, 2.45) is 0 Å². The minimum absolute atomic E-state index is 0. The molecule has 60 heavy (non-hydrogen) atoms. The molecule has 13 nitrogen and oxygen atoms in total. The van der Waals surface area contributed by atoms with Gasteiger partial charge in [-0.1, -0.05) is 96.5 Å². The molecule has 1 aliphatic rings. The molecular formula is C43H78LiN3O10Si2Zn. The third-order valence-electron chi connectivity index (χ3n) is 10.2. The molecule has 0 amide bonds. The molecule has 0 spiro atoms. The van der Waals surface area contributed by atoms with Gasteiger partial charge in [0.1, 0.15) is 18.5 Å². The quantitative estimate of drug-likeness (QED) is 0.0646. The van der Waals surface area contributed by atoms with Gasteiger partial charge in [-0.3, -0.25) is 27.6 Å². The molecule has 3 N–H and O–H groups in total. The maximum absolute atomic E-state index is 12.2. The molecule has 0 saturated carbocycles. The summed E-state index contributed by atoms with van der Waals surface area (Å²) >= 11 is 0. The van der Waals surface area contributed by atoms with Gasteiger partial charge in [0, 0.05) is 40.0 Å². The van der Waals surface area contributed by atoms with E-state index in [1.54, 1.807) is 0 Å². The van der Waals surface area contributed by atoms with Gasteiger partial charge < -0.3 is 52.2 Å². The fourth-order valence-electron chi connectivity index (χ4n) is 4.71. The Morgan fingerprint density at radius 1 is 0.883 bits per heavy atom. The van der Waals surface area contributed by atoms with E-state index in [1.165, 1.54) is 20.2 Å². The molecule has 336 valence electrons. The van der Waals surface area contributed by atoms with Crippen molar-refractivity contribution in [3.63, 3.8) is 0 Å². The molecule has 17 heteroatoms. The van der Waals surface area contributed by atoms with Gasteiger partial charge in [0.05, 0.1) is 32.4 Å². The molecule has 0 aliphatic carbocycles. The van der Waals surface area contributed by atoms with Crippen LogP contribution in [-0.2, 0) is 47.5 Å². The second kappa shape index (κ2) is 34.2. The summed E-state index contributed by atoms with van der Waals surface area (Å²) in [6.45, 7) is 43.1. The van der Waals surface area contributed by atoms with E-state index in [0.29, 0.717) is 6.29 Å². The molecule has 1 aromatic carbocycles. The van der Waals surface area contributed by atoms with Crippen molar-refractivity contribution in [2.45, 2.75) is 128 Å². The first-order valence-corrected chi connectivity index (χ1v) is 25.3. The van der Waals surface area contributed by atoms with Crippen LogP contribution in [-0.4, -0.2) is 143 Å². The fourth-order valence-corrected chi connectivity index (χ4v) is 7.30. The normalized spacial score (nSPS) is 15.7. The van der Waals surface area contributed by atoms with Crippen molar-refractivity contribution in [1.82, 2.24) is 15.0 Å². The number of aliphatic hydroxyl groups is 1. The van der Waals surface area contributed by atoms with Crippen LogP contribution in [0.5, 0.6) is 0 Å². The number of aldehydes is 1. The summed E-state index contributed by atoms with van der Waals surface area (Å²) in [4.78, 5) is 36.9. The topological polar surface area (TPSA) is 172 Å². The minimum Gasteiger partial charge on any atom is -0.847 e. The second-order valence-electron chi connectivity index (χ2n) is 17.0. The van der Waals surface area contributed by atoms with Gasteiger partial charge in [-0.2, -0.15) is 10.1 Å². The molecule has 0 unspecified atom stereocenters. The van der Waals surface area contributed by atoms with E-state index in [0.717, 1.165) is 42.0 Å². The molecule has 2 rings (SSSR count). The molecule has 0 aromatic heterocycles. The summed E-state index contributed by atoms with van der Waals surface area (Å²) in [7, 11) is -1.43. The molecule has 5 atom stereocenters. The summed E-state index contributed by atoms with van der Waals surface area (Å²) in [5.74, 6) is -0.502. The number of ether oxygens (including phenoxy) is 1. The number of benzene rings is 1. The van der Waals surface area contributed by atoms with E-state index in [1.807, 2.05) is 50.3 Å². The molecule has 1 aliphatic heterocycles. The monoisotopic (exact) mass is 923 g/mol. The van der Waals surface area contributed by atoms with Crippen molar-refractivity contribution < 1.29 is 86.9 Å². The van der Waals surface area contributed by atoms with Crippen LogP contribution in [0.25, 0.3) is 0 Å². The minimum atomic E-state index is -2.13. The standard InChI is InChI=1S/C14H29NO4Si.C13H18NO2.C12H25NO4Si.2C2H3.Li.Zn/c1-8-11(16)9-13(12(17)10-15(5)18)19-20(6,7)14(2,3)4;1-11(14-7-9-16-10-8-14)13(15)12-5-3-2-4-6-12;1-12(2,3)18(5,6)17-11(7-8-14)10(15)9-13(4)16;2*1-2;;/h8,11,13,16,18H,1,9-10H2,2-7H3;2-6,11,13H,7-10H2,1H3;8,11,16H,7,9H2,1-6H3;2*1H,2H2;;/q;-1;;2*-1;+1;+2/t11-,13+;11-,13-;11-;;;;/m110..../s1. The first-order chi connectivity index (χ1) is 26.7. The van der Waals surface area contributed by atoms with Crippen LogP contribution in [0.1, 0.15) is 73.0 Å². The largest absolute Gasteiger partial charge is 2.00 e. The van der Waals surface area contributed by atoms with Gasteiger partial charge in [0.25, 0.3) is 0 Å². The number of hydrogen-bond acceptors (Lipinski definition) is 13. The van der Waals surface area contributed by atoms with Gasteiger partial charge >= 0.3 is 38.3 Å². The van der Waals surface area contributed by atoms with E-state index in [9.17, 15) is 29.8 Å². The van der Waals surface area contributed by atoms with E-state index >= 15 is 0 Å². The Bertz CT molecular complexity index is 1290. The van der Waals surface area contributed by atoms with Crippen LogP contribution in [0.3, 0.4) is 0 Å². The van der Waals surface area contributed by atoms with Crippen LogP contribution in [0.4, 0.5) is 0 Å². The number of hydrogen-bond donors (Lipinski definition) is 3. The van der Waals surface area contributed by atoms with Crippen LogP contribution in [0.15, 0.2) is 56.1 Å². The van der Waals surface area contributed by atoms with Crippen molar-refractivity contribution in [2.75, 3.05) is 53.5 Å². The Kier molecular flexibility index (Phi) is 38.6. The summed E-state index contributed by atoms with van der Waals surface area (Å²) in [6.07, 6.45) is -0.652. The van der Waals surface area contributed by atoms with Crippen LogP contribution in [0, 0.1) is 13.2 Å². The first kappa shape index (κ1) is 67.8. The number of nitrogens with zero attached hydrogens (tertiary/aromatic N) is 3. The Morgan fingerprint density at radius 2 is 1.27 bits per heavy atom. The molecule has 1 fully saturated rings. The third-order valence-corrected chi connectivity index (χ3v) is 19.2. The van der Waals surface area contributed by atoms with E-state index in [-0.39, 0.29) is 92.0 Å². The van der Waals surface area contributed by atoms with Gasteiger partial charge in [-0.05, 0) is 42.3 Å². The second-order valence-corrected chi connectivity index (χ2v) is 26.5. The van der Waals surface area contributed by atoms with E-state index in [4.69, 9.17) is 18.8 Å². The average Bonchev–Trinajstić information content (AvgIpc) is 3.15. The van der Waals surface area contributed by atoms with Crippen LogP contribution >= 0.6 is 0 Å². The maximum Gasteiger partial charge on any atom is 2.00 e. The number of likely N-dealkylation sites (N-methyl/N-ethyl adjacent to an activating group) is 2. The van der Waals surface area contributed by atoms with Gasteiger partial charge in [-0.15, -0.1) is 6.58 Å². The predicted molar refractivity (Wildman–Crippen MR) is 235 cm³/mol. The zero-order valence-electron chi connectivity index (χ0n) is 39.6. The third kappa shape index (κ3) is 27.7. The van der Waals surface area contributed by atoms with E-state index < -0.39 is 41.1 Å². The molecular weight excluding hydrogens is 847 g/mol. The van der Waals surface area contributed by atoms with Crippen LogP contribution < -0.4 is 24.0 Å². The molecule has 1 heterocycles. The van der Waals surface area contributed by atoms with Crippen molar-refractivity contribution >= 4 is 34.5 Å². The summed E-state index contributed by atoms with van der Waals surface area (Å²) in [5, 5.41) is 41.8. The van der Waals surface area contributed by atoms with Crippen molar-refractivity contribution in [3.05, 3.63) is 74.9 Å². The summed E-state index contributed by atoms with van der Waals surface area (Å²) in [5.41, 5.74) is 0.876. The molecule has 1 aromatic rings. The van der Waals surface area contributed by atoms with Gasteiger partial charge in [0.15, 0.2) is 28.2 Å². The van der Waals surface area contributed by atoms with Crippen molar-refractivity contribution in [3.8, 4) is 0 Å². The van der Waals surface area contributed by atoms with Crippen molar-refractivity contribution in [1.29, 1.82) is 0 Å². The smallest absolute Gasteiger partial charge is 0.847 e. The number of hydroxylamine groups is 4. The van der Waals surface area contributed by atoms with E-state index in [2.05, 4.69) is 92.4 Å². The number of morpholine rings is 1. The average molecular weight is 926 g/mol. The molecule has 1 saturated heterocycles. The summed E-state index contributed by atoms with van der Waals surface area (Å²) in [6, 6.07) is 9.64. The number of rotatable bonds is 18.